The van der Waals surface area contributed by atoms with Crippen LogP contribution in [0.15, 0.2) is 24.3 Å². The molecule has 0 atom stereocenters. The first-order chi connectivity index (χ1) is 5.75. The van der Waals surface area contributed by atoms with Crippen LogP contribution in [0, 0.1) is 0 Å². The Bertz CT molecular complexity index is 293. The second kappa shape index (κ2) is 5.99. The summed E-state index contributed by atoms with van der Waals surface area (Å²) in [4.78, 5) is 10.7. The number of aryl methyl sites for hydroxylation is 1. The van der Waals surface area contributed by atoms with Crippen molar-refractivity contribution < 1.29 is 12.8 Å². The van der Waals surface area contributed by atoms with E-state index >= 15 is 0 Å². The van der Waals surface area contributed by atoms with Crippen molar-refractivity contribution in [2.75, 3.05) is 0 Å². The van der Waals surface area contributed by atoms with Crippen LogP contribution in [-0.4, -0.2) is 34.1 Å². The topological polar surface area (TPSA) is 37.3 Å². The number of hydrogen-bond donors (Lipinski definition) is 1. The van der Waals surface area contributed by atoms with Gasteiger partial charge in [0.05, 0.1) is 5.56 Å². The van der Waals surface area contributed by atoms with Crippen molar-refractivity contribution in [2.45, 2.75) is 19.8 Å². The van der Waals surface area contributed by atoms with Gasteiger partial charge in [0.25, 0.3) is 0 Å². The molecule has 0 bridgehead atoms. The summed E-state index contributed by atoms with van der Waals surface area (Å²) in [7, 11) is 0. The maximum atomic E-state index is 10.7. The van der Waals surface area contributed by atoms with Crippen LogP contribution >= 0.6 is 0 Å². The maximum absolute atomic E-state index is 10.7. The molecule has 1 rings (SSSR count). The van der Waals surface area contributed by atoms with E-state index in [0.717, 1.165) is 18.4 Å². The van der Waals surface area contributed by atoms with Crippen LogP contribution in [0.1, 0.15) is 32.1 Å². The second-order valence-corrected chi connectivity index (χ2v) is 2.71. The Balaban J connectivity index is -0.000000480. The second-order valence-electron chi connectivity index (χ2n) is 2.71. The van der Waals surface area contributed by atoms with Crippen LogP contribution in [0.3, 0.4) is 0 Å². The van der Waals surface area contributed by atoms with Gasteiger partial charge in [0.15, 0.2) is 0 Å². The Kier molecular flexibility index (Phi) is 5.74. The molecule has 0 saturated carbocycles. The summed E-state index contributed by atoms with van der Waals surface area (Å²) in [6.45, 7) is 2.04. The van der Waals surface area contributed by atoms with Crippen LogP contribution in [0.5, 0.6) is 0 Å². The Hall–Kier alpha value is -0.544. The summed E-state index contributed by atoms with van der Waals surface area (Å²) in [6, 6.07) is 7.14. The monoisotopic (exact) mass is 190 g/mol. The number of carboxylic acid groups (broad SMARTS) is 1. The predicted octanol–water partition coefficient (Wildman–Crippen LogP) is 2.18. The van der Waals surface area contributed by atoms with E-state index in [1.807, 2.05) is 19.1 Å². The average molecular weight is 191 g/mol. The third-order valence-corrected chi connectivity index (χ3v) is 1.77. The number of aromatic carboxylic acids is 1. The van der Waals surface area contributed by atoms with E-state index in [1.165, 1.54) is 0 Å². The first-order valence-electron chi connectivity index (χ1n) is 4.07. The fourth-order valence-corrected chi connectivity index (χ4v) is 1.22. The molecular formula is C10H14MgO2. The molecule has 3 heteroatoms. The third-order valence-electron chi connectivity index (χ3n) is 1.77. The van der Waals surface area contributed by atoms with Crippen molar-refractivity contribution in [1.82, 2.24) is 0 Å². The minimum absolute atomic E-state index is 0. The van der Waals surface area contributed by atoms with E-state index in [9.17, 15) is 4.79 Å². The van der Waals surface area contributed by atoms with Crippen molar-refractivity contribution in [3.63, 3.8) is 0 Å². The van der Waals surface area contributed by atoms with E-state index in [1.54, 1.807) is 12.1 Å². The van der Waals surface area contributed by atoms with Crippen LogP contribution in [0.2, 0.25) is 0 Å². The Morgan fingerprint density at radius 3 is 2.62 bits per heavy atom. The molecule has 1 N–H and O–H groups in total. The minimum Gasteiger partial charge on any atom is -1.00 e. The standard InChI is InChI=1S/C10H12O2.Mg.2H/c1-2-5-8-6-3-4-7-9(8)10(11)12;;;/h3-4,6-7H,2,5H2,1H3,(H,11,12);;;/q;+2;2*-1. The first-order valence-corrected chi connectivity index (χ1v) is 4.07. The normalized spacial score (nSPS) is 9.00. The first kappa shape index (κ1) is 12.5. The van der Waals surface area contributed by atoms with Crippen molar-refractivity contribution in [2.24, 2.45) is 0 Å². The van der Waals surface area contributed by atoms with E-state index in [2.05, 4.69) is 0 Å². The molecule has 0 aromatic heterocycles. The van der Waals surface area contributed by atoms with Crippen molar-refractivity contribution in [3.8, 4) is 0 Å². The molecule has 0 radical (unpaired) electrons. The summed E-state index contributed by atoms with van der Waals surface area (Å²) in [6.07, 6.45) is 1.81. The molecule has 0 aliphatic heterocycles. The quantitative estimate of drug-likeness (QED) is 0.742. The molecule has 0 unspecified atom stereocenters. The van der Waals surface area contributed by atoms with Gasteiger partial charge in [0.2, 0.25) is 0 Å². The van der Waals surface area contributed by atoms with E-state index < -0.39 is 5.97 Å². The van der Waals surface area contributed by atoms with Gasteiger partial charge in [-0.1, -0.05) is 31.5 Å². The molecule has 68 valence electrons. The van der Waals surface area contributed by atoms with Gasteiger partial charge in [-0.2, -0.15) is 0 Å². The van der Waals surface area contributed by atoms with E-state index in [-0.39, 0.29) is 25.9 Å². The minimum atomic E-state index is -0.834. The molecule has 0 aliphatic carbocycles. The van der Waals surface area contributed by atoms with Gasteiger partial charge in [-0.3, -0.25) is 0 Å². The number of hydrogen-bond acceptors (Lipinski definition) is 1. The number of benzene rings is 1. The molecule has 0 aliphatic rings. The summed E-state index contributed by atoms with van der Waals surface area (Å²) in [5.41, 5.74) is 1.35. The fraction of sp³-hybridized carbons (Fsp3) is 0.300. The molecule has 13 heavy (non-hydrogen) atoms. The smallest absolute Gasteiger partial charge is 1.00 e. The van der Waals surface area contributed by atoms with Gasteiger partial charge in [-0.15, -0.1) is 0 Å². The Labute approximate surface area is 97.1 Å². The van der Waals surface area contributed by atoms with Crippen LogP contribution in [-0.2, 0) is 6.42 Å². The third kappa shape index (κ3) is 3.36. The summed E-state index contributed by atoms with van der Waals surface area (Å²) < 4.78 is 0. The maximum Gasteiger partial charge on any atom is 2.00 e. The molecule has 1 aromatic rings. The van der Waals surface area contributed by atoms with E-state index in [4.69, 9.17) is 5.11 Å². The van der Waals surface area contributed by atoms with Crippen LogP contribution < -0.4 is 0 Å². The van der Waals surface area contributed by atoms with Gasteiger partial charge >= 0.3 is 29.0 Å². The van der Waals surface area contributed by atoms with E-state index in [0.29, 0.717) is 5.56 Å². The van der Waals surface area contributed by atoms with Crippen molar-refractivity contribution in [1.29, 1.82) is 0 Å². The summed E-state index contributed by atoms with van der Waals surface area (Å²) in [5, 5.41) is 8.79. The molecule has 0 spiro atoms. The molecule has 0 heterocycles. The van der Waals surface area contributed by atoms with Gasteiger partial charge in [-0.05, 0) is 18.1 Å². The average Bonchev–Trinajstić information content (AvgIpc) is 2.05. The summed E-state index contributed by atoms with van der Waals surface area (Å²) >= 11 is 0. The molecule has 0 fully saturated rings. The van der Waals surface area contributed by atoms with Gasteiger partial charge in [0, 0.05) is 0 Å². The SMILES string of the molecule is CCCc1ccccc1C(=O)O.[H-].[H-].[Mg+2]. The number of rotatable bonds is 3. The van der Waals surface area contributed by atoms with Gasteiger partial charge < -0.3 is 7.96 Å². The fourth-order valence-electron chi connectivity index (χ4n) is 1.22. The molecular weight excluding hydrogens is 176 g/mol. The van der Waals surface area contributed by atoms with Gasteiger partial charge in [-0.25, -0.2) is 4.79 Å². The van der Waals surface area contributed by atoms with Crippen LogP contribution in [0.25, 0.3) is 0 Å². The largest absolute Gasteiger partial charge is 2.00 e. The number of carbonyl (C=O) groups is 1. The zero-order chi connectivity index (χ0) is 8.97. The Morgan fingerprint density at radius 1 is 1.46 bits per heavy atom. The molecule has 1 aromatic carbocycles. The zero-order valence-corrected chi connectivity index (χ0v) is 9.20. The summed E-state index contributed by atoms with van der Waals surface area (Å²) in [5.74, 6) is -0.834. The van der Waals surface area contributed by atoms with Crippen molar-refractivity contribution >= 4 is 29.0 Å². The van der Waals surface area contributed by atoms with Crippen LogP contribution in [0.4, 0.5) is 0 Å². The molecule has 0 amide bonds. The number of carboxylic acids is 1. The Morgan fingerprint density at radius 2 is 2.08 bits per heavy atom. The molecule has 2 nitrogen and oxygen atoms in total. The zero-order valence-electron chi connectivity index (χ0n) is 9.79. The predicted molar refractivity (Wildman–Crippen MR) is 55.4 cm³/mol. The van der Waals surface area contributed by atoms with Gasteiger partial charge in [0.1, 0.15) is 0 Å². The van der Waals surface area contributed by atoms with Crippen molar-refractivity contribution in [3.05, 3.63) is 35.4 Å². The molecule has 0 saturated heterocycles.